The molecule has 0 amide bonds. The van der Waals surface area contributed by atoms with Crippen LogP contribution in [-0.2, 0) is 19.5 Å². The number of aryl methyl sites for hydroxylation is 1. The van der Waals surface area contributed by atoms with Crippen LogP contribution in [-0.4, -0.2) is 29.8 Å². The van der Waals surface area contributed by atoms with Crippen LogP contribution in [0.4, 0.5) is 0 Å². The van der Waals surface area contributed by atoms with Crippen LogP contribution in [0, 0.1) is 0 Å². The van der Waals surface area contributed by atoms with E-state index >= 15 is 0 Å². The minimum Gasteiger partial charge on any atom is -0.341 e. The van der Waals surface area contributed by atoms with E-state index in [1.165, 1.54) is 23.2 Å². The lowest BCUT2D eigenvalue weighted by molar-refractivity contribution is 0.153. The van der Waals surface area contributed by atoms with Gasteiger partial charge in [-0.3, -0.25) is 9.88 Å². The van der Waals surface area contributed by atoms with Gasteiger partial charge in [0.25, 0.3) is 0 Å². The first-order chi connectivity index (χ1) is 18.3. The zero-order valence-corrected chi connectivity index (χ0v) is 22.7. The van der Waals surface area contributed by atoms with Gasteiger partial charge in [-0.15, -0.1) is 17.0 Å². The first-order valence-corrected chi connectivity index (χ1v) is 13.0. The first kappa shape index (κ1) is 24.5. The van der Waals surface area contributed by atoms with Crippen LogP contribution in [0.5, 0.6) is 0 Å². The summed E-state index contributed by atoms with van der Waals surface area (Å²) >= 11 is 0. The minimum atomic E-state index is 0. The fourth-order valence-corrected chi connectivity index (χ4v) is 5.63. The first-order valence-electron chi connectivity index (χ1n) is 13.0. The molecule has 2 N–H and O–H groups in total. The number of H-pyrrole nitrogens is 2. The summed E-state index contributed by atoms with van der Waals surface area (Å²) in [7, 11) is 0. The van der Waals surface area contributed by atoms with Crippen molar-refractivity contribution < 1.29 is 0 Å². The lowest BCUT2D eigenvalue weighted by atomic mass is 9.90. The number of fused-ring (bicyclic) bond motifs is 3. The molecule has 0 spiro atoms. The number of hydrogen-bond donors (Lipinski definition) is 2. The number of rotatable bonds is 6. The van der Waals surface area contributed by atoms with Crippen LogP contribution >= 0.6 is 17.0 Å². The van der Waals surface area contributed by atoms with E-state index in [4.69, 9.17) is 15.0 Å². The summed E-state index contributed by atoms with van der Waals surface area (Å²) in [5, 5.41) is 0. The molecule has 3 aromatic heterocycles. The molecule has 0 radical (unpaired) electrons. The largest absolute Gasteiger partial charge is 0.341 e. The number of nitrogens with one attached hydrogen (secondary N) is 2. The van der Waals surface area contributed by atoms with E-state index in [9.17, 15) is 0 Å². The molecule has 0 fully saturated rings. The molecule has 0 saturated carbocycles. The summed E-state index contributed by atoms with van der Waals surface area (Å²) in [6, 6.07) is 29.7. The van der Waals surface area contributed by atoms with Gasteiger partial charge in [0.15, 0.2) is 0 Å². The molecule has 3 aromatic carbocycles. The molecule has 7 heteroatoms. The number of imidazole rings is 2. The molecule has 7 rings (SSSR count). The highest BCUT2D eigenvalue weighted by Crippen LogP contribution is 2.35. The van der Waals surface area contributed by atoms with E-state index < -0.39 is 0 Å². The molecule has 6 aromatic rings. The SMILES string of the molecule is Br.c1cc(CN(Cc2nc3ccccc3[nH]2)C2CCCc3cccnc32)cc(-c2nc3ccccc3[nH]2)c1. The fourth-order valence-electron chi connectivity index (χ4n) is 5.63. The zero-order chi connectivity index (χ0) is 24.6. The van der Waals surface area contributed by atoms with Crippen molar-refractivity contribution in [3.63, 3.8) is 0 Å². The zero-order valence-electron chi connectivity index (χ0n) is 21.0. The predicted octanol–water partition coefficient (Wildman–Crippen LogP) is 7.16. The average molecular weight is 566 g/mol. The third-order valence-corrected chi connectivity index (χ3v) is 7.37. The van der Waals surface area contributed by atoms with Crippen molar-refractivity contribution in [2.45, 2.75) is 38.4 Å². The van der Waals surface area contributed by atoms with E-state index in [0.717, 1.165) is 65.2 Å². The van der Waals surface area contributed by atoms with Crippen molar-refractivity contribution in [1.82, 2.24) is 29.8 Å². The lowest BCUT2D eigenvalue weighted by Gasteiger charge is -2.34. The van der Waals surface area contributed by atoms with Gasteiger partial charge in [-0.25, -0.2) is 9.97 Å². The number of halogens is 1. The number of pyridine rings is 1. The predicted molar refractivity (Wildman–Crippen MR) is 157 cm³/mol. The Labute approximate surface area is 231 Å². The van der Waals surface area contributed by atoms with Gasteiger partial charge in [0, 0.05) is 18.3 Å². The molecular formula is C31H29BrN6. The van der Waals surface area contributed by atoms with Crippen LogP contribution in [0.15, 0.2) is 91.1 Å². The molecule has 38 heavy (non-hydrogen) atoms. The summed E-state index contributed by atoms with van der Waals surface area (Å²) < 4.78 is 0. The molecule has 1 atom stereocenters. The molecule has 6 nitrogen and oxygen atoms in total. The number of hydrogen-bond acceptors (Lipinski definition) is 4. The van der Waals surface area contributed by atoms with E-state index in [1.54, 1.807) is 0 Å². The summed E-state index contributed by atoms with van der Waals surface area (Å²) in [5.41, 5.74) is 9.04. The van der Waals surface area contributed by atoms with Crippen molar-refractivity contribution >= 4 is 39.0 Å². The Morgan fingerprint density at radius 3 is 2.39 bits per heavy atom. The van der Waals surface area contributed by atoms with Gasteiger partial charge in [-0.05, 0) is 66.8 Å². The van der Waals surface area contributed by atoms with Gasteiger partial charge in [-0.2, -0.15) is 0 Å². The number of benzene rings is 3. The third kappa shape index (κ3) is 4.75. The summed E-state index contributed by atoms with van der Waals surface area (Å²) in [5.74, 6) is 1.88. The molecule has 0 bridgehead atoms. The molecule has 0 aliphatic heterocycles. The molecule has 1 unspecified atom stereocenters. The Hall–Kier alpha value is -3.81. The second-order valence-corrected chi connectivity index (χ2v) is 9.86. The van der Waals surface area contributed by atoms with Crippen molar-refractivity contribution in [2.24, 2.45) is 0 Å². The van der Waals surface area contributed by atoms with Crippen molar-refractivity contribution in [3.8, 4) is 11.4 Å². The number of para-hydroxylation sites is 4. The second kappa shape index (κ2) is 10.5. The van der Waals surface area contributed by atoms with Crippen molar-refractivity contribution in [3.05, 3.63) is 114 Å². The summed E-state index contributed by atoms with van der Waals surface area (Å²) in [4.78, 5) is 24.1. The Kier molecular flexibility index (Phi) is 6.79. The van der Waals surface area contributed by atoms with Gasteiger partial charge < -0.3 is 9.97 Å². The van der Waals surface area contributed by atoms with Gasteiger partial charge >= 0.3 is 0 Å². The number of nitrogens with zero attached hydrogens (tertiary/aromatic N) is 4. The summed E-state index contributed by atoms with van der Waals surface area (Å²) in [6.45, 7) is 1.52. The topological polar surface area (TPSA) is 73.5 Å². The van der Waals surface area contributed by atoms with Crippen molar-refractivity contribution in [2.75, 3.05) is 0 Å². The van der Waals surface area contributed by atoms with Crippen LogP contribution in [0.2, 0.25) is 0 Å². The van der Waals surface area contributed by atoms with Crippen LogP contribution in [0.1, 0.15) is 41.5 Å². The molecule has 1 aliphatic carbocycles. The highest BCUT2D eigenvalue weighted by atomic mass is 79.9. The maximum Gasteiger partial charge on any atom is 0.138 e. The standard InChI is InChI=1S/C31H28N6.BrH/c1-2-13-25-24(12-1)33-29(34-25)20-37(28-16-6-9-22-11-7-17-32-30(22)28)19-21-8-5-10-23(18-21)31-35-26-14-3-4-15-27(26)36-31;/h1-5,7-8,10-15,17-18,28H,6,9,16,19-20H2,(H,33,34)(H,35,36);1H. The normalized spacial score (nSPS) is 15.0. The quantitative estimate of drug-likeness (QED) is 0.225. The van der Waals surface area contributed by atoms with Gasteiger partial charge in [0.1, 0.15) is 11.6 Å². The fraction of sp³-hybridized carbons (Fsp3) is 0.194. The van der Waals surface area contributed by atoms with E-state index in [1.807, 2.05) is 36.5 Å². The monoisotopic (exact) mass is 564 g/mol. The minimum absolute atomic E-state index is 0. The smallest absolute Gasteiger partial charge is 0.138 e. The van der Waals surface area contributed by atoms with Gasteiger partial charge in [0.05, 0.1) is 40.3 Å². The molecule has 0 saturated heterocycles. The Morgan fingerprint density at radius 1 is 0.789 bits per heavy atom. The highest BCUT2D eigenvalue weighted by molar-refractivity contribution is 8.93. The lowest BCUT2D eigenvalue weighted by Crippen LogP contribution is -2.31. The molecular weight excluding hydrogens is 536 g/mol. The van der Waals surface area contributed by atoms with Gasteiger partial charge in [-0.1, -0.05) is 48.5 Å². The van der Waals surface area contributed by atoms with Crippen LogP contribution in [0.3, 0.4) is 0 Å². The maximum absolute atomic E-state index is 4.90. The van der Waals surface area contributed by atoms with Crippen molar-refractivity contribution in [1.29, 1.82) is 0 Å². The van der Waals surface area contributed by atoms with E-state index in [2.05, 4.69) is 69.5 Å². The Bertz CT molecular complexity index is 1640. The van der Waals surface area contributed by atoms with Crippen LogP contribution < -0.4 is 0 Å². The van der Waals surface area contributed by atoms with E-state index in [-0.39, 0.29) is 23.0 Å². The second-order valence-electron chi connectivity index (χ2n) is 9.86. The Balaban J connectivity index is 0.00000264. The number of aromatic nitrogens is 5. The number of aromatic amines is 2. The molecule has 1 aliphatic rings. The van der Waals surface area contributed by atoms with E-state index in [0.29, 0.717) is 0 Å². The maximum atomic E-state index is 4.90. The molecule has 3 heterocycles. The van der Waals surface area contributed by atoms with Gasteiger partial charge in [0.2, 0.25) is 0 Å². The average Bonchev–Trinajstić information content (AvgIpc) is 3.56. The molecule has 190 valence electrons. The third-order valence-electron chi connectivity index (χ3n) is 7.37. The Morgan fingerprint density at radius 2 is 1.58 bits per heavy atom. The van der Waals surface area contributed by atoms with Crippen LogP contribution in [0.25, 0.3) is 33.5 Å². The highest BCUT2D eigenvalue weighted by Gasteiger charge is 2.28. The summed E-state index contributed by atoms with van der Waals surface area (Å²) in [6.07, 6.45) is 5.28.